The predicted molar refractivity (Wildman–Crippen MR) is 90.8 cm³/mol. The Balaban J connectivity index is 2.13. The van der Waals surface area contributed by atoms with Gasteiger partial charge in [-0.2, -0.15) is 0 Å². The van der Waals surface area contributed by atoms with Crippen LogP contribution in [0.5, 0.6) is 0 Å². The van der Waals surface area contributed by atoms with Crippen molar-refractivity contribution in [1.29, 1.82) is 0 Å². The minimum Gasteiger partial charge on any atom is -0.417 e. The normalized spacial score (nSPS) is 12.5. The lowest BCUT2D eigenvalue weighted by Crippen LogP contribution is -2.21. The summed E-state index contributed by atoms with van der Waals surface area (Å²) in [5.74, 6) is -0.172. The Kier molecular flexibility index (Phi) is 5.49. The van der Waals surface area contributed by atoms with Gasteiger partial charge in [0.15, 0.2) is 0 Å². The molecule has 6 nitrogen and oxygen atoms in total. The smallest absolute Gasteiger partial charge is 0.290 e. The molecule has 0 atom stereocenters. The maximum absolute atomic E-state index is 12.6. The maximum Gasteiger partial charge on any atom is 0.290 e. The van der Waals surface area contributed by atoms with Gasteiger partial charge in [0, 0.05) is 11.3 Å². The molecule has 0 fully saturated rings. The highest BCUT2D eigenvalue weighted by Crippen LogP contribution is 2.21. The van der Waals surface area contributed by atoms with Crippen LogP contribution in [0.1, 0.15) is 56.8 Å². The predicted octanol–water partition coefficient (Wildman–Crippen LogP) is 3.78. The molecule has 0 bridgehead atoms. The maximum atomic E-state index is 12.6. The first kappa shape index (κ1) is 17.8. The van der Waals surface area contributed by atoms with E-state index < -0.39 is 5.78 Å². The number of hydrogen-bond acceptors (Lipinski definition) is 6. The number of Topliss-reactive ketones (excluding diaryl/α,β-unsaturated/α-hetero) is 1. The van der Waals surface area contributed by atoms with Crippen LogP contribution < -0.4 is 0 Å². The van der Waals surface area contributed by atoms with Gasteiger partial charge in [0.25, 0.3) is 11.7 Å². The molecule has 128 valence electrons. The molecule has 6 heteroatoms. The van der Waals surface area contributed by atoms with E-state index in [4.69, 9.17) is 9.25 Å². The fourth-order valence-corrected chi connectivity index (χ4v) is 1.89. The molecule has 0 amide bonds. The van der Waals surface area contributed by atoms with Gasteiger partial charge >= 0.3 is 0 Å². The van der Waals surface area contributed by atoms with E-state index in [1.165, 1.54) is 0 Å². The standard InChI is InChI=1S/C18H23N3O3/c1-12(2)14(21-23-11-13-9-7-6-8-10-13)15(22)16-19-20-17(24-16)18(3,4)5/h6-10,12H,11H2,1-5H3. The van der Waals surface area contributed by atoms with Crippen molar-refractivity contribution < 1.29 is 14.0 Å². The van der Waals surface area contributed by atoms with Crippen LogP contribution in [0, 0.1) is 5.92 Å². The van der Waals surface area contributed by atoms with E-state index in [9.17, 15) is 4.79 Å². The largest absolute Gasteiger partial charge is 0.417 e. The molecule has 2 aromatic rings. The summed E-state index contributed by atoms with van der Waals surface area (Å²) in [6.07, 6.45) is 0. The fourth-order valence-electron chi connectivity index (χ4n) is 1.89. The summed E-state index contributed by atoms with van der Waals surface area (Å²) in [4.78, 5) is 17.9. The first-order valence-electron chi connectivity index (χ1n) is 7.91. The Morgan fingerprint density at radius 2 is 1.88 bits per heavy atom. The number of aromatic nitrogens is 2. The number of carbonyl (C=O) groups excluding carboxylic acids is 1. The van der Waals surface area contributed by atoms with Gasteiger partial charge in [-0.25, -0.2) is 0 Å². The molecule has 0 unspecified atom stereocenters. The van der Waals surface area contributed by atoms with Gasteiger partial charge in [0.2, 0.25) is 5.89 Å². The molecule has 0 aliphatic heterocycles. The van der Waals surface area contributed by atoms with E-state index in [2.05, 4.69) is 15.4 Å². The summed E-state index contributed by atoms with van der Waals surface area (Å²) >= 11 is 0. The molecule has 0 radical (unpaired) electrons. The zero-order valence-electron chi connectivity index (χ0n) is 14.7. The fraction of sp³-hybridized carbons (Fsp3) is 0.444. The third kappa shape index (κ3) is 4.50. The van der Waals surface area contributed by atoms with E-state index in [0.29, 0.717) is 12.5 Å². The Labute approximate surface area is 141 Å². The average molecular weight is 329 g/mol. The Bertz CT molecular complexity index is 713. The number of carbonyl (C=O) groups is 1. The van der Waals surface area contributed by atoms with Crippen LogP contribution in [-0.4, -0.2) is 21.7 Å². The average Bonchev–Trinajstić information content (AvgIpc) is 3.02. The Hall–Kier alpha value is -2.50. The second-order valence-electron chi connectivity index (χ2n) is 6.88. The van der Waals surface area contributed by atoms with Crippen LogP contribution in [0.25, 0.3) is 0 Å². The molecule has 1 heterocycles. The second kappa shape index (κ2) is 7.38. The summed E-state index contributed by atoms with van der Waals surface area (Å²) < 4.78 is 5.50. The van der Waals surface area contributed by atoms with E-state index >= 15 is 0 Å². The van der Waals surface area contributed by atoms with E-state index in [0.717, 1.165) is 5.56 Å². The van der Waals surface area contributed by atoms with Gasteiger partial charge < -0.3 is 9.25 Å². The monoisotopic (exact) mass is 329 g/mol. The van der Waals surface area contributed by atoms with Gasteiger partial charge in [-0.1, -0.05) is 70.1 Å². The molecular formula is C18H23N3O3. The van der Waals surface area contributed by atoms with Crippen LogP contribution in [0.2, 0.25) is 0 Å². The lowest BCUT2D eigenvalue weighted by atomic mass is 9.97. The summed E-state index contributed by atoms with van der Waals surface area (Å²) in [5.41, 5.74) is 0.921. The van der Waals surface area contributed by atoms with Crippen LogP contribution in [-0.2, 0) is 16.9 Å². The molecule has 0 aliphatic rings. The molecular weight excluding hydrogens is 306 g/mol. The minimum atomic E-state index is -0.402. The minimum absolute atomic E-state index is 0.0595. The lowest BCUT2D eigenvalue weighted by molar-refractivity contribution is 0.0991. The number of oxime groups is 1. The van der Waals surface area contributed by atoms with Crippen LogP contribution in [0.4, 0.5) is 0 Å². The van der Waals surface area contributed by atoms with Gasteiger partial charge in [0.05, 0.1) is 0 Å². The van der Waals surface area contributed by atoms with Crippen molar-refractivity contribution in [1.82, 2.24) is 10.2 Å². The summed E-state index contributed by atoms with van der Waals surface area (Å²) in [6.45, 7) is 9.84. The SMILES string of the molecule is CC(C)C(=NOCc1ccccc1)C(=O)c1nnc(C(C)(C)C)o1. The van der Waals surface area contributed by atoms with Crippen molar-refractivity contribution in [3.63, 3.8) is 0 Å². The molecule has 0 saturated carbocycles. The zero-order valence-corrected chi connectivity index (χ0v) is 14.7. The third-order valence-corrected chi connectivity index (χ3v) is 3.28. The van der Waals surface area contributed by atoms with Gasteiger partial charge in [0.1, 0.15) is 12.3 Å². The number of nitrogens with zero attached hydrogens (tertiary/aromatic N) is 3. The van der Waals surface area contributed by atoms with Crippen LogP contribution in [0.3, 0.4) is 0 Å². The highest BCUT2D eigenvalue weighted by Gasteiger charge is 2.28. The van der Waals surface area contributed by atoms with Crippen molar-refractivity contribution in [2.24, 2.45) is 11.1 Å². The van der Waals surface area contributed by atoms with Gasteiger partial charge in [-0.3, -0.25) is 4.79 Å². The summed E-state index contributed by atoms with van der Waals surface area (Å²) in [6, 6.07) is 9.63. The molecule has 0 saturated heterocycles. The van der Waals surface area contributed by atoms with Crippen molar-refractivity contribution in [3.8, 4) is 0 Å². The molecule has 0 N–H and O–H groups in total. The quantitative estimate of drug-likeness (QED) is 0.458. The van der Waals surface area contributed by atoms with E-state index in [1.807, 2.05) is 65.0 Å². The number of hydrogen-bond donors (Lipinski definition) is 0. The zero-order chi connectivity index (χ0) is 17.7. The highest BCUT2D eigenvalue weighted by atomic mass is 16.6. The number of rotatable bonds is 6. The van der Waals surface area contributed by atoms with Crippen molar-refractivity contribution in [3.05, 3.63) is 47.7 Å². The summed E-state index contributed by atoms with van der Waals surface area (Å²) in [5, 5.41) is 11.8. The lowest BCUT2D eigenvalue weighted by Gasteiger charge is -2.11. The molecule has 2 rings (SSSR count). The Morgan fingerprint density at radius 3 is 2.42 bits per heavy atom. The van der Waals surface area contributed by atoms with Crippen molar-refractivity contribution >= 4 is 11.5 Å². The first-order valence-corrected chi connectivity index (χ1v) is 7.91. The number of ketones is 1. The third-order valence-electron chi connectivity index (χ3n) is 3.28. The summed E-state index contributed by atoms with van der Waals surface area (Å²) in [7, 11) is 0. The van der Waals surface area contributed by atoms with E-state index in [1.54, 1.807) is 0 Å². The van der Waals surface area contributed by atoms with Crippen LogP contribution in [0.15, 0.2) is 39.9 Å². The highest BCUT2D eigenvalue weighted by molar-refractivity contribution is 6.45. The molecule has 24 heavy (non-hydrogen) atoms. The number of benzene rings is 1. The molecule has 0 spiro atoms. The van der Waals surface area contributed by atoms with Gasteiger partial charge in [-0.15, -0.1) is 10.2 Å². The first-order chi connectivity index (χ1) is 11.3. The second-order valence-corrected chi connectivity index (χ2v) is 6.88. The molecule has 1 aromatic heterocycles. The van der Waals surface area contributed by atoms with Crippen LogP contribution >= 0.6 is 0 Å². The van der Waals surface area contributed by atoms with Crippen molar-refractivity contribution in [2.75, 3.05) is 0 Å². The molecule has 0 aliphatic carbocycles. The van der Waals surface area contributed by atoms with Crippen molar-refractivity contribution in [2.45, 2.75) is 46.6 Å². The Morgan fingerprint density at radius 1 is 1.21 bits per heavy atom. The topological polar surface area (TPSA) is 77.6 Å². The van der Waals surface area contributed by atoms with Gasteiger partial charge in [-0.05, 0) is 5.56 Å². The van der Waals surface area contributed by atoms with E-state index in [-0.39, 0.29) is 22.9 Å². The molecule has 1 aromatic carbocycles.